The van der Waals surface area contributed by atoms with Crippen LogP contribution in [-0.2, 0) is 36.8 Å². The predicted molar refractivity (Wildman–Crippen MR) is 314 cm³/mol. The Morgan fingerprint density at radius 2 is 1.00 bits per heavy atom. The highest BCUT2D eigenvalue weighted by Gasteiger charge is 2.40. The summed E-state index contributed by atoms with van der Waals surface area (Å²) in [6, 6.07) is 30.9. The maximum absolute atomic E-state index is 12.2. The monoisotopic (exact) mass is 1170 g/mol. The van der Waals surface area contributed by atoms with E-state index >= 15 is 0 Å². The van der Waals surface area contributed by atoms with Crippen molar-refractivity contribution in [1.82, 2.24) is 5.32 Å². The predicted octanol–water partition coefficient (Wildman–Crippen LogP) is 12.2. The molecule has 3 N–H and O–H groups in total. The normalized spacial score (nSPS) is 15.0. The Bertz CT molecular complexity index is 3800. The second-order valence-electron chi connectivity index (χ2n) is 19.0. The van der Waals surface area contributed by atoms with Crippen LogP contribution < -0.4 is 26.0 Å². The average molecular weight is 1170 g/mol. The molecule has 0 bridgehead atoms. The summed E-state index contributed by atoms with van der Waals surface area (Å²) in [5.41, 5.74) is 0.608. The number of aliphatic hydroxyl groups excluding tert-OH is 1. The van der Waals surface area contributed by atoms with Gasteiger partial charge in [-0.05, 0) is 167 Å². The molecule has 0 spiro atoms. The van der Waals surface area contributed by atoms with Crippen molar-refractivity contribution in [3.05, 3.63) is 232 Å². The van der Waals surface area contributed by atoms with Crippen molar-refractivity contribution in [2.45, 2.75) is 70.9 Å². The fraction of sp³-hybridized carbons (Fsp3) is 0.172. The molecule has 0 saturated carbocycles. The van der Waals surface area contributed by atoms with Gasteiger partial charge in [0.1, 0.15) is 68.8 Å². The molecule has 2 aliphatic rings. The highest BCUT2D eigenvalue weighted by atomic mass is 16.6. The molecule has 9 aromatic rings. The molecule has 2 atom stereocenters. The van der Waals surface area contributed by atoms with Crippen LogP contribution in [0.3, 0.4) is 0 Å². The molecule has 442 valence electrons. The standard InChI is InChI=1S/C21H19NO6.C14H14O4.C8H8O2.2C7H5NO2.C7H6O3/c1-21(2)18(27-20(24)22-8-7-15-4-3-9-25-15)11-14-10-13-5-6-19(23)26-16(13)12-17(14)28-21;1-14(2)12(15)6-9-5-8-3-4-13(16)17-10(8)7-11(9)18-14;1-7(9)4-5-8-3-2-6-10-8;2*9-6-8-4-3-7-2-1-5-10-7;8-7(9)4-3-6-2-1-5-10-6/h3-10,12,18H,11H2,1-2H3,(H,22,24);3-5,7,12,15H,6H2,1-2H3;2-6H,1H3;2*1-5H;1-5H,(H,8,9)/b8-7+;;5-4+;3*4-3+/t18-;12-;;;;/m00..../s1. The lowest BCUT2D eigenvalue weighted by Crippen LogP contribution is -2.49. The molecule has 0 fully saturated rings. The SMILES string of the molecule is CC(=O)/C=C/c1ccco1.CC1(C)Oc2cc3oc(=O)ccc3cc2C[C@@H]1O.CC1(C)Oc2cc3oc(=O)ccc3cc2C[C@@H]1OC(=O)N/C=C/c1ccco1.O=C(O)/C=C/c1ccco1.O=C=N/C=C/c1ccco1.O=C=N/C=C/c1ccco1. The molecule has 0 saturated heterocycles. The first-order valence-corrected chi connectivity index (χ1v) is 25.9. The molecule has 0 radical (unpaired) electrons. The van der Waals surface area contributed by atoms with Crippen LogP contribution in [0, 0.1) is 0 Å². The number of alkyl carbamates (subject to hydrolysis) is 1. The molecule has 7 aromatic heterocycles. The lowest BCUT2D eigenvalue weighted by molar-refractivity contribution is -0.131. The molecule has 22 heteroatoms. The highest BCUT2D eigenvalue weighted by Crippen LogP contribution is 2.38. The van der Waals surface area contributed by atoms with Gasteiger partial charge in [-0.25, -0.2) is 28.8 Å². The molecule has 2 aromatic carbocycles. The number of rotatable bonds is 11. The number of nitrogens with one attached hydrogen (secondary N) is 1. The van der Waals surface area contributed by atoms with Crippen molar-refractivity contribution in [1.29, 1.82) is 0 Å². The first kappa shape index (κ1) is 63.9. The number of aliphatic hydroxyl groups is 1. The van der Waals surface area contributed by atoms with Crippen LogP contribution in [0.4, 0.5) is 4.79 Å². The third-order valence-corrected chi connectivity index (χ3v) is 11.8. The Morgan fingerprint density at radius 3 is 1.42 bits per heavy atom. The number of ketones is 1. The largest absolute Gasteiger partial charge is 0.485 e. The molecule has 9 heterocycles. The van der Waals surface area contributed by atoms with Gasteiger partial charge < -0.3 is 55.3 Å². The zero-order chi connectivity index (χ0) is 61.9. The van der Waals surface area contributed by atoms with E-state index in [0.29, 0.717) is 64.3 Å². The minimum absolute atomic E-state index is 0.0244. The molecule has 22 nitrogen and oxygen atoms in total. The van der Waals surface area contributed by atoms with Crippen LogP contribution >= 0.6 is 0 Å². The number of isocyanates is 2. The number of nitrogens with zero attached hydrogens (tertiary/aromatic N) is 2. The summed E-state index contributed by atoms with van der Waals surface area (Å²) in [4.78, 5) is 80.7. The van der Waals surface area contributed by atoms with Gasteiger partial charge in [0.05, 0.1) is 37.4 Å². The van der Waals surface area contributed by atoms with Gasteiger partial charge in [0.2, 0.25) is 12.2 Å². The van der Waals surface area contributed by atoms with Gasteiger partial charge in [-0.3, -0.25) is 10.1 Å². The van der Waals surface area contributed by atoms with E-state index in [9.17, 15) is 38.7 Å². The second kappa shape index (κ2) is 31.8. The van der Waals surface area contributed by atoms with E-state index in [1.165, 1.54) is 68.2 Å². The van der Waals surface area contributed by atoms with E-state index in [-0.39, 0.29) is 11.4 Å². The Labute approximate surface area is 489 Å². The van der Waals surface area contributed by atoms with Crippen LogP contribution in [0.2, 0.25) is 0 Å². The van der Waals surface area contributed by atoms with Gasteiger partial charge in [0, 0.05) is 72.6 Å². The Hall–Kier alpha value is -11.3. The van der Waals surface area contributed by atoms with Crippen LogP contribution in [-0.4, -0.2) is 63.6 Å². The fourth-order valence-corrected chi connectivity index (χ4v) is 7.50. The van der Waals surface area contributed by atoms with Gasteiger partial charge in [-0.2, -0.15) is 9.98 Å². The molecule has 2 aliphatic heterocycles. The quantitative estimate of drug-likeness (QED) is 0.0469. The van der Waals surface area contributed by atoms with Gasteiger partial charge in [0.25, 0.3) is 0 Å². The number of carboxylic acid groups (broad SMARTS) is 1. The van der Waals surface area contributed by atoms with Crippen molar-refractivity contribution in [3.8, 4) is 11.5 Å². The molecule has 0 unspecified atom stereocenters. The second-order valence-corrected chi connectivity index (χ2v) is 19.0. The molecule has 86 heavy (non-hydrogen) atoms. The number of carbonyl (C=O) groups excluding carboxylic acids is 4. The van der Waals surface area contributed by atoms with E-state index in [0.717, 1.165) is 28.0 Å². The average Bonchev–Trinajstić information content (AvgIpc) is 1.93. The van der Waals surface area contributed by atoms with Crippen molar-refractivity contribution in [3.63, 3.8) is 0 Å². The zero-order valence-electron chi connectivity index (χ0n) is 46.9. The summed E-state index contributed by atoms with van der Waals surface area (Å²) in [5, 5.41) is 22.4. The zero-order valence-corrected chi connectivity index (χ0v) is 46.9. The van der Waals surface area contributed by atoms with E-state index in [4.69, 9.17) is 50.2 Å². The maximum atomic E-state index is 12.2. The first-order chi connectivity index (χ1) is 41.3. The number of furan rings is 5. The van der Waals surface area contributed by atoms with Crippen molar-refractivity contribution < 1.29 is 79.3 Å². The smallest absolute Gasteiger partial charge is 0.411 e. The Morgan fingerprint density at radius 1 is 0.581 bits per heavy atom. The summed E-state index contributed by atoms with van der Waals surface area (Å²) >= 11 is 0. The third-order valence-electron chi connectivity index (χ3n) is 11.8. The summed E-state index contributed by atoms with van der Waals surface area (Å²) in [7, 11) is 0. The number of carbonyl (C=O) groups is 3. The number of hydrogen-bond donors (Lipinski definition) is 3. The number of aliphatic imine (C=N–C) groups is 2. The topological polar surface area (TPSA) is 316 Å². The van der Waals surface area contributed by atoms with Gasteiger partial charge in [0.15, 0.2) is 5.78 Å². The molecular formula is C64H57N3O19. The number of hydrogen-bond acceptors (Lipinski definition) is 20. The number of ether oxygens (including phenoxy) is 3. The van der Waals surface area contributed by atoms with Crippen LogP contribution in [0.1, 0.15) is 74.5 Å². The van der Waals surface area contributed by atoms with Gasteiger partial charge >= 0.3 is 23.3 Å². The minimum atomic E-state index is -0.976. The third kappa shape index (κ3) is 20.9. The molecule has 11 rings (SSSR count). The Kier molecular flexibility index (Phi) is 23.6. The number of allylic oxidation sites excluding steroid dienone is 1. The summed E-state index contributed by atoms with van der Waals surface area (Å²) in [5.74, 6) is 3.54. The summed E-state index contributed by atoms with van der Waals surface area (Å²) < 4.78 is 52.5. The van der Waals surface area contributed by atoms with E-state index in [1.807, 2.05) is 39.8 Å². The van der Waals surface area contributed by atoms with Crippen LogP contribution in [0.25, 0.3) is 52.3 Å². The fourth-order valence-electron chi connectivity index (χ4n) is 7.50. The number of carboxylic acids is 1. The van der Waals surface area contributed by atoms with Crippen molar-refractivity contribution in [2.75, 3.05) is 0 Å². The highest BCUT2D eigenvalue weighted by molar-refractivity contribution is 5.91. The number of fused-ring (bicyclic) bond motifs is 4. The molecular weight excluding hydrogens is 1110 g/mol. The number of aliphatic carboxylic acids is 1. The van der Waals surface area contributed by atoms with Crippen LogP contribution in [0.5, 0.6) is 11.5 Å². The van der Waals surface area contributed by atoms with Crippen molar-refractivity contribution in [2.24, 2.45) is 9.98 Å². The maximum Gasteiger partial charge on any atom is 0.411 e. The van der Waals surface area contributed by atoms with E-state index in [2.05, 4.69) is 15.3 Å². The van der Waals surface area contributed by atoms with E-state index in [1.54, 1.807) is 134 Å². The number of benzene rings is 2. The van der Waals surface area contributed by atoms with Crippen molar-refractivity contribution >= 4 is 82.3 Å². The summed E-state index contributed by atoms with van der Waals surface area (Å²) in [6.07, 6.45) is 24.3. The van der Waals surface area contributed by atoms with Gasteiger partial charge in [-0.15, -0.1) is 0 Å². The lowest BCUT2D eigenvalue weighted by atomic mass is 9.90. The molecule has 1 amide bonds. The van der Waals surface area contributed by atoms with Crippen LogP contribution in [0.15, 0.2) is 222 Å². The lowest BCUT2D eigenvalue weighted by Gasteiger charge is -2.39. The number of amides is 1. The first-order valence-electron chi connectivity index (χ1n) is 25.9. The van der Waals surface area contributed by atoms with E-state index < -0.39 is 41.1 Å². The Balaban J connectivity index is 0.000000176. The molecule has 0 aliphatic carbocycles. The summed E-state index contributed by atoms with van der Waals surface area (Å²) in [6.45, 7) is 8.87. The minimum Gasteiger partial charge on any atom is -0.485 e. The van der Waals surface area contributed by atoms with Gasteiger partial charge in [-0.1, -0.05) is 0 Å².